The Labute approximate surface area is 62.0 Å². The Morgan fingerprint density at radius 1 is 1.11 bits per heavy atom. The van der Waals surface area contributed by atoms with Gasteiger partial charge in [0.15, 0.2) is 0 Å². The van der Waals surface area contributed by atoms with Gasteiger partial charge in [0.1, 0.15) is 0 Å². The normalized spacial score (nSPS) is 10.8. The first-order valence-electron chi connectivity index (χ1n) is 1.55. The summed E-state index contributed by atoms with van der Waals surface area (Å²) < 4.78 is 8.88. The van der Waals surface area contributed by atoms with Crippen LogP contribution in [0, 0.1) is 0 Å². The molecule has 0 saturated heterocycles. The zero-order valence-corrected chi connectivity index (χ0v) is 6.51. The van der Waals surface area contributed by atoms with E-state index in [9.17, 15) is 0 Å². The van der Waals surface area contributed by atoms with Gasteiger partial charge in [0, 0.05) is 11.1 Å². The summed E-state index contributed by atoms with van der Waals surface area (Å²) in [7, 11) is -4.64. The van der Waals surface area contributed by atoms with Crippen molar-refractivity contribution in [3.05, 3.63) is 11.1 Å². The SMILES string of the molecule is ClC=CCl.O=P(O)(O)O. The average Bonchev–Trinajstić information content (AvgIpc) is 1.61. The van der Waals surface area contributed by atoms with Gasteiger partial charge in [-0.25, -0.2) is 4.57 Å². The lowest BCUT2D eigenvalue weighted by molar-refractivity contribution is 0.275. The van der Waals surface area contributed by atoms with E-state index in [4.69, 9.17) is 42.4 Å². The van der Waals surface area contributed by atoms with E-state index in [0.29, 0.717) is 0 Å². The lowest BCUT2D eigenvalue weighted by Gasteiger charge is -1.82. The molecule has 0 aliphatic carbocycles. The number of hydrogen-bond acceptors (Lipinski definition) is 1. The van der Waals surface area contributed by atoms with E-state index in [1.54, 1.807) is 0 Å². The monoisotopic (exact) mass is 194 g/mol. The van der Waals surface area contributed by atoms with E-state index in [1.165, 1.54) is 11.1 Å². The van der Waals surface area contributed by atoms with E-state index in [1.807, 2.05) is 0 Å². The molecule has 4 nitrogen and oxygen atoms in total. The molecule has 0 amide bonds. The Kier molecular flexibility index (Phi) is 8.83. The average molecular weight is 195 g/mol. The molecule has 0 fully saturated rings. The predicted molar refractivity (Wildman–Crippen MR) is 35.1 cm³/mol. The van der Waals surface area contributed by atoms with Gasteiger partial charge >= 0.3 is 7.82 Å². The largest absolute Gasteiger partial charge is 0.466 e. The highest BCUT2D eigenvalue weighted by atomic mass is 35.5. The minimum Gasteiger partial charge on any atom is -0.303 e. The molecule has 0 heterocycles. The smallest absolute Gasteiger partial charge is 0.303 e. The fourth-order valence-electron chi connectivity index (χ4n) is 0. The van der Waals surface area contributed by atoms with Crippen LogP contribution in [-0.2, 0) is 4.57 Å². The van der Waals surface area contributed by atoms with Crippen LogP contribution in [0.4, 0.5) is 0 Å². The minimum atomic E-state index is -4.64. The van der Waals surface area contributed by atoms with Crippen LogP contribution >= 0.6 is 31.0 Å². The molecule has 56 valence electrons. The molecule has 0 bridgehead atoms. The molecule has 0 aliphatic rings. The van der Waals surface area contributed by atoms with Gasteiger partial charge in [-0.3, -0.25) is 0 Å². The summed E-state index contributed by atoms with van der Waals surface area (Å²) in [4.78, 5) is 21.6. The van der Waals surface area contributed by atoms with Crippen molar-refractivity contribution in [2.75, 3.05) is 0 Å². The Balaban J connectivity index is 0. The number of rotatable bonds is 0. The Hall–Kier alpha value is 0.430. The summed E-state index contributed by atoms with van der Waals surface area (Å²) in [5, 5.41) is 0. The van der Waals surface area contributed by atoms with E-state index in [-0.39, 0.29) is 0 Å². The van der Waals surface area contributed by atoms with Crippen LogP contribution < -0.4 is 0 Å². The summed E-state index contributed by atoms with van der Waals surface area (Å²) in [5.74, 6) is 0. The standard InChI is InChI=1S/C2H2Cl2.H3O4P/c3-1-2-4;1-5(2,3)4/h1-2H;(H3,1,2,3,4). The highest BCUT2D eigenvalue weighted by Crippen LogP contribution is 2.25. The van der Waals surface area contributed by atoms with E-state index in [2.05, 4.69) is 0 Å². The molecule has 0 radical (unpaired) electrons. The second kappa shape index (κ2) is 6.55. The van der Waals surface area contributed by atoms with Crippen LogP contribution in [0.25, 0.3) is 0 Å². The Bertz CT molecular complexity index is 105. The van der Waals surface area contributed by atoms with E-state index in [0.717, 1.165) is 0 Å². The second-order valence-corrected chi connectivity index (χ2v) is 2.30. The summed E-state index contributed by atoms with van der Waals surface area (Å²) >= 11 is 9.75. The van der Waals surface area contributed by atoms with Crippen LogP contribution in [0.2, 0.25) is 0 Å². The van der Waals surface area contributed by atoms with Gasteiger partial charge in [-0.1, -0.05) is 23.2 Å². The molecule has 0 aromatic heterocycles. The molecule has 0 aliphatic heterocycles. The van der Waals surface area contributed by atoms with Crippen molar-refractivity contribution < 1.29 is 19.2 Å². The third-order valence-corrected chi connectivity index (χ3v) is 0.429. The van der Waals surface area contributed by atoms with Gasteiger partial charge in [0.2, 0.25) is 0 Å². The topological polar surface area (TPSA) is 77.8 Å². The maximum Gasteiger partial charge on any atom is 0.466 e. The summed E-state index contributed by atoms with van der Waals surface area (Å²) in [6, 6.07) is 0. The van der Waals surface area contributed by atoms with Crippen molar-refractivity contribution in [1.29, 1.82) is 0 Å². The molecule has 0 rings (SSSR count). The molecule has 0 spiro atoms. The van der Waals surface area contributed by atoms with Crippen LogP contribution in [0.3, 0.4) is 0 Å². The second-order valence-electron chi connectivity index (χ2n) is 0.765. The lowest BCUT2D eigenvalue weighted by Crippen LogP contribution is -1.66. The van der Waals surface area contributed by atoms with Crippen molar-refractivity contribution in [1.82, 2.24) is 0 Å². The van der Waals surface area contributed by atoms with Crippen molar-refractivity contribution in [3.63, 3.8) is 0 Å². The van der Waals surface area contributed by atoms with Crippen molar-refractivity contribution in [2.24, 2.45) is 0 Å². The number of hydrogen-bond donors (Lipinski definition) is 3. The van der Waals surface area contributed by atoms with Crippen molar-refractivity contribution in [3.8, 4) is 0 Å². The van der Waals surface area contributed by atoms with Crippen LogP contribution in [0.15, 0.2) is 11.1 Å². The lowest BCUT2D eigenvalue weighted by atomic mass is 11.3. The maximum atomic E-state index is 8.88. The van der Waals surface area contributed by atoms with E-state index < -0.39 is 7.82 Å². The summed E-state index contributed by atoms with van der Waals surface area (Å²) in [6.45, 7) is 0. The van der Waals surface area contributed by atoms with Gasteiger partial charge < -0.3 is 14.7 Å². The molecular weight excluding hydrogens is 190 g/mol. The quantitative estimate of drug-likeness (QED) is 0.504. The van der Waals surface area contributed by atoms with E-state index >= 15 is 0 Å². The minimum absolute atomic E-state index is 1.24. The Morgan fingerprint density at radius 3 is 1.22 bits per heavy atom. The van der Waals surface area contributed by atoms with Crippen LogP contribution in [0.1, 0.15) is 0 Å². The first-order chi connectivity index (χ1) is 3.91. The first-order valence-corrected chi connectivity index (χ1v) is 3.99. The van der Waals surface area contributed by atoms with Gasteiger partial charge in [-0.05, 0) is 0 Å². The third kappa shape index (κ3) is 170. The number of halogens is 2. The Morgan fingerprint density at radius 2 is 1.22 bits per heavy atom. The van der Waals surface area contributed by atoms with Crippen molar-refractivity contribution in [2.45, 2.75) is 0 Å². The van der Waals surface area contributed by atoms with Crippen LogP contribution in [-0.4, -0.2) is 14.7 Å². The molecule has 0 aromatic carbocycles. The summed E-state index contributed by atoms with van der Waals surface area (Å²) in [5.41, 5.74) is 2.48. The zero-order valence-electron chi connectivity index (χ0n) is 4.11. The molecule has 3 N–H and O–H groups in total. The van der Waals surface area contributed by atoms with Gasteiger partial charge in [0.25, 0.3) is 0 Å². The van der Waals surface area contributed by atoms with Crippen molar-refractivity contribution >= 4 is 31.0 Å². The van der Waals surface area contributed by atoms with Gasteiger partial charge in [-0.2, -0.15) is 0 Å². The molecule has 0 atom stereocenters. The van der Waals surface area contributed by atoms with Gasteiger partial charge in [0.05, 0.1) is 0 Å². The third-order valence-electron chi connectivity index (χ3n) is 0.0476. The fourth-order valence-corrected chi connectivity index (χ4v) is 0. The zero-order chi connectivity index (χ0) is 7.91. The molecule has 7 heteroatoms. The highest BCUT2D eigenvalue weighted by molar-refractivity contribution is 7.45. The predicted octanol–water partition coefficient (Wildman–Crippen LogP) is 1.01. The molecular formula is C2H5Cl2O4P. The molecule has 9 heavy (non-hydrogen) atoms. The maximum absolute atomic E-state index is 8.88. The first kappa shape index (κ1) is 12.1. The van der Waals surface area contributed by atoms with Gasteiger partial charge in [-0.15, -0.1) is 0 Å². The fraction of sp³-hybridized carbons (Fsp3) is 0. The molecule has 0 aromatic rings. The molecule has 0 saturated carbocycles. The number of phosphoric acid groups is 1. The highest BCUT2D eigenvalue weighted by Gasteiger charge is 2.00. The van der Waals surface area contributed by atoms with Crippen LogP contribution in [0.5, 0.6) is 0 Å². The molecule has 0 unspecified atom stereocenters. The summed E-state index contributed by atoms with van der Waals surface area (Å²) in [6.07, 6.45) is 0.